The van der Waals surface area contributed by atoms with Crippen LogP contribution in [0.2, 0.25) is 5.02 Å². The molecule has 2 N–H and O–H groups in total. The van der Waals surface area contributed by atoms with E-state index in [2.05, 4.69) is 0 Å². The third kappa shape index (κ3) is 2.90. The van der Waals surface area contributed by atoms with Crippen LogP contribution in [0.25, 0.3) is 0 Å². The highest BCUT2D eigenvalue weighted by molar-refractivity contribution is 6.32. The van der Waals surface area contributed by atoms with E-state index in [0.29, 0.717) is 33.5 Å². The summed E-state index contributed by atoms with van der Waals surface area (Å²) in [7, 11) is 1.54. The second-order valence-electron chi connectivity index (χ2n) is 3.77. The maximum atomic E-state index is 8.78. The van der Waals surface area contributed by atoms with Crippen LogP contribution in [0, 0.1) is 11.3 Å². The fourth-order valence-electron chi connectivity index (χ4n) is 1.54. The smallest absolute Gasteiger partial charge is 0.171 e. The molecule has 2 aromatic carbocycles. The topological polar surface area (TPSA) is 68.3 Å². The molecule has 5 heteroatoms. The minimum atomic E-state index is 0.350. The number of benzene rings is 2. The van der Waals surface area contributed by atoms with Crippen molar-refractivity contribution in [1.82, 2.24) is 0 Å². The van der Waals surface area contributed by atoms with Gasteiger partial charge in [0.05, 0.1) is 23.8 Å². The molecule has 0 aliphatic rings. The van der Waals surface area contributed by atoms with Gasteiger partial charge in [0.15, 0.2) is 11.5 Å². The van der Waals surface area contributed by atoms with Crippen molar-refractivity contribution in [2.24, 2.45) is 0 Å². The van der Waals surface area contributed by atoms with E-state index in [4.69, 9.17) is 32.1 Å². The maximum absolute atomic E-state index is 8.78. The van der Waals surface area contributed by atoms with Crippen molar-refractivity contribution in [3.63, 3.8) is 0 Å². The summed E-state index contributed by atoms with van der Waals surface area (Å²) in [4.78, 5) is 0. The Bertz CT molecular complexity index is 650. The summed E-state index contributed by atoms with van der Waals surface area (Å²) in [6.07, 6.45) is 0. The van der Waals surface area contributed by atoms with Crippen LogP contribution in [0.5, 0.6) is 17.2 Å². The highest BCUT2D eigenvalue weighted by Crippen LogP contribution is 2.36. The van der Waals surface area contributed by atoms with Crippen LogP contribution >= 0.6 is 11.6 Å². The molecule has 0 saturated heterocycles. The van der Waals surface area contributed by atoms with Gasteiger partial charge < -0.3 is 15.2 Å². The highest BCUT2D eigenvalue weighted by atomic mass is 35.5. The van der Waals surface area contributed by atoms with E-state index in [0.717, 1.165) is 0 Å². The maximum Gasteiger partial charge on any atom is 0.171 e. The molecular weight excluding hydrogens is 264 g/mol. The Labute approximate surface area is 115 Å². The van der Waals surface area contributed by atoms with Gasteiger partial charge in [-0.1, -0.05) is 11.6 Å². The number of nitrogens with two attached hydrogens (primary N) is 1. The lowest BCUT2D eigenvalue weighted by atomic mass is 10.2. The number of hydrogen-bond acceptors (Lipinski definition) is 4. The Morgan fingerprint density at radius 1 is 1.11 bits per heavy atom. The van der Waals surface area contributed by atoms with Gasteiger partial charge in [-0.05, 0) is 30.3 Å². The lowest BCUT2D eigenvalue weighted by Gasteiger charge is -2.12. The van der Waals surface area contributed by atoms with Crippen molar-refractivity contribution in [2.75, 3.05) is 12.8 Å². The minimum Gasteiger partial charge on any atom is -0.493 e. The van der Waals surface area contributed by atoms with Gasteiger partial charge in [-0.3, -0.25) is 0 Å². The Kier molecular flexibility index (Phi) is 3.79. The van der Waals surface area contributed by atoms with E-state index in [1.54, 1.807) is 37.4 Å². The van der Waals surface area contributed by atoms with Gasteiger partial charge in [0, 0.05) is 11.8 Å². The zero-order valence-corrected chi connectivity index (χ0v) is 10.9. The number of ether oxygens (including phenoxy) is 2. The molecule has 0 heterocycles. The number of methoxy groups -OCH3 is 1. The van der Waals surface area contributed by atoms with Crippen LogP contribution in [-0.2, 0) is 0 Å². The van der Waals surface area contributed by atoms with Crippen LogP contribution in [0.4, 0.5) is 5.69 Å². The molecule has 0 unspecified atom stereocenters. The van der Waals surface area contributed by atoms with Gasteiger partial charge in [-0.25, -0.2) is 0 Å². The fourth-order valence-corrected chi connectivity index (χ4v) is 1.76. The fraction of sp³-hybridized carbons (Fsp3) is 0.0714. The van der Waals surface area contributed by atoms with Gasteiger partial charge in [-0.15, -0.1) is 0 Å². The molecule has 0 bridgehead atoms. The largest absolute Gasteiger partial charge is 0.493 e. The predicted octanol–water partition coefficient (Wildman–Crippen LogP) is 3.59. The zero-order valence-electron chi connectivity index (χ0n) is 10.2. The molecular formula is C14H11ClN2O2. The summed E-state index contributed by atoms with van der Waals surface area (Å²) in [5.74, 6) is 1.45. The second kappa shape index (κ2) is 5.51. The Morgan fingerprint density at radius 3 is 2.47 bits per heavy atom. The van der Waals surface area contributed by atoms with E-state index >= 15 is 0 Å². The lowest BCUT2D eigenvalue weighted by molar-refractivity contribution is 0.379. The third-order valence-corrected chi connectivity index (χ3v) is 2.76. The predicted molar refractivity (Wildman–Crippen MR) is 73.6 cm³/mol. The molecule has 2 rings (SSSR count). The molecule has 0 spiro atoms. The summed E-state index contributed by atoms with van der Waals surface area (Å²) in [6, 6.07) is 11.9. The van der Waals surface area contributed by atoms with Gasteiger partial charge in [0.2, 0.25) is 0 Å². The number of halogens is 1. The van der Waals surface area contributed by atoms with Crippen molar-refractivity contribution in [3.8, 4) is 23.3 Å². The van der Waals surface area contributed by atoms with E-state index in [-0.39, 0.29) is 0 Å². The SMILES string of the molecule is COc1ccc(N)cc1Oc1ccc(C#N)cc1Cl. The number of hydrogen-bond donors (Lipinski definition) is 1. The summed E-state index contributed by atoms with van der Waals surface area (Å²) >= 11 is 6.05. The van der Waals surface area contributed by atoms with E-state index in [1.807, 2.05) is 6.07 Å². The standard InChI is InChI=1S/C14H11ClN2O2/c1-18-13-5-3-10(17)7-14(13)19-12-4-2-9(8-16)6-11(12)15/h2-7H,17H2,1H3. The van der Waals surface area contributed by atoms with Gasteiger partial charge >= 0.3 is 0 Å². The Balaban J connectivity index is 2.36. The van der Waals surface area contributed by atoms with E-state index in [9.17, 15) is 0 Å². The number of nitriles is 1. The molecule has 0 fully saturated rings. The first-order chi connectivity index (χ1) is 9.13. The van der Waals surface area contributed by atoms with Crippen molar-refractivity contribution in [3.05, 3.63) is 47.0 Å². The Morgan fingerprint density at radius 2 is 1.84 bits per heavy atom. The molecule has 0 radical (unpaired) electrons. The quantitative estimate of drug-likeness (QED) is 0.869. The molecule has 0 aliphatic carbocycles. The van der Waals surface area contributed by atoms with Crippen LogP contribution in [0.15, 0.2) is 36.4 Å². The minimum absolute atomic E-state index is 0.350. The summed E-state index contributed by atoms with van der Waals surface area (Å²) in [6.45, 7) is 0. The average Bonchev–Trinajstić information content (AvgIpc) is 2.41. The van der Waals surface area contributed by atoms with E-state index in [1.165, 1.54) is 6.07 Å². The van der Waals surface area contributed by atoms with Crippen molar-refractivity contribution >= 4 is 17.3 Å². The summed E-state index contributed by atoms with van der Waals surface area (Å²) in [5.41, 5.74) is 6.73. The molecule has 0 atom stereocenters. The normalized spacial score (nSPS) is 9.74. The molecule has 0 aromatic heterocycles. The van der Waals surface area contributed by atoms with Crippen molar-refractivity contribution in [1.29, 1.82) is 5.26 Å². The van der Waals surface area contributed by atoms with Crippen LogP contribution in [0.1, 0.15) is 5.56 Å². The molecule has 19 heavy (non-hydrogen) atoms. The van der Waals surface area contributed by atoms with Crippen LogP contribution in [0.3, 0.4) is 0 Å². The number of nitrogens with zero attached hydrogens (tertiary/aromatic N) is 1. The highest BCUT2D eigenvalue weighted by Gasteiger charge is 2.09. The van der Waals surface area contributed by atoms with Crippen molar-refractivity contribution in [2.45, 2.75) is 0 Å². The molecule has 96 valence electrons. The monoisotopic (exact) mass is 274 g/mol. The lowest BCUT2D eigenvalue weighted by Crippen LogP contribution is -1.93. The first-order valence-corrected chi connectivity index (χ1v) is 5.83. The molecule has 0 amide bonds. The molecule has 0 saturated carbocycles. The average molecular weight is 275 g/mol. The molecule has 4 nitrogen and oxygen atoms in total. The van der Waals surface area contributed by atoms with Crippen LogP contribution < -0.4 is 15.2 Å². The zero-order chi connectivity index (χ0) is 13.8. The van der Waals surface area contributed by atoms with Gasteiger partial charge in [0.25, 0.3) is 0 Å². The molecule has 0 aliphatic heterocycles. The van der Waals surface area contributed by atoms with E-state index < -0.39 is 0 Å². The first-order valence-electron chi connectivity index (χ1n) is 5.45. The Hall–Kier alpha value is -2.38. The summed E-state index contributed by atoms with van der Waals surface area (Å²) < 4.78 is 10.8. The van der Waals surface area contributed by atoms with Gasteiger partial charge in [0.1, 0.15) is 5.75 Å². The second-order valence-corrected chi connectivity index (χ2v) is 4.18. The number of anilines is 1. The first kappa shape index (κ1) is 13.1. The molecule has 2 aromatic rings. The van der Waals surface area contributed by atoms with Gasteiger partial charge in [-0.2, -0.15) is 5.26 Å². The van der Waals surface area contributed by atoms with Crippen LogP contribution in [-0.4, -0.2) is 7.11 Å². The summed E-state index contributed by atoms with van der Waals surface area (Å²) in [5, 5.41) is 9.13. The van der Waals surface area contributed by atoms with Crippen molar-refractivity contribution < 1.29 is 9.47 Å². The third-order valence-electron chi connectivity index (χ3n) is 2.47. The number of nitrogen functional groups attached to an aromatic ring is 1. The number of rotatable bonds is 3.